The minimum absolute atomic E-state index is 0.201. The van der Waals surface area contributed by atoms with E-state index in [2.05, 4.69) is 10.3 Å². The van der Waals surface area contributed by atoms with Crippen LogP contribution in [0.1, 0.15) is 38.8 Å². The molecule has 0 bridgehead atoms. The van der Waals surface area contributed by atoms with E-state index in [1.54, 1.807) is 6.07 Å². The maximum absolute atomic E-state index is 12.8. The average Bonchev–Trinajstić information content (AvgIpc) is 2.35. The molecule has 114 valence electrons. The van der Waals surface area contributed by atoms with E-state index in [1.807, 2.05) is 27.7 Å². The van der Waals surface area contributed by atoms with E-state index in [0.29, 0.717) is 17.4 Å². The third-order valence-corrected chi connectivity index (χ3v) is 3.29. The maximum Gasteiger partial charge on any atom is 0.416 e. The molecule has 0 saturated heterocycles. The normalized spacial score (nSPS) is 12.7. The van der Waals surface area contributed by atoms with Crippen molar-refractivity contribution in [3.63, 3.8) is 0 Å². The molecular weight excluding hydrogens is 277 g/mol. The summed E-state index contributed by atoms with van der Waals surface area (Å²) in [5.41, 5.74) is 0.628. The number of nitrogens with one attached hydrogen (secondary N) is 1. The first-order valence-electron chi connectivity index (χ1n) is 6.89. The van der Waals surface area contributed by atoms with E-state index in [9.17, 15) is 13.2 Å². The van der Waals surface area contributed by atoms with E-state index >= 15 is 0 Å². The van der Waals surface area contributed by atoms with Gasteiger partial charge in [0.25, 0.3) is 0 Å². The Hall–Kier alpha value is -1.78. The Bertz CT molecular complexity index is 655. The van der Waals surface area contributed by atoms with E-state index in [1.165, 1.54) is 6.07 Å². The maximum atomic E-state index is 12.8. The van der Waals surface area contributed by atoms with Gasteiger partial charge in [-0.1, -0.05) is 20.8 Å². The minimum Gasteiger partial charge on any atom is -0.370 e. The summed E-state index contributed by atoms with van der Waals surface area (Å²) in [5, 5.41) is 3.70. The Morgan fingerprint density at radius 3 is 2.29 bits per heavy atom. The SMILES string of the molecule is CCNc1nc2ccc(C(F)(F)F)cc2cc1C(C)(C)C. The lowest BCUT2D eigenvalue weighted by atomic mass is 9.86. The van der Waals surface area contributed by atoms with Gasteiger partial charge in [-0.3, -0.25) is 0 Å². The number of rotatable bonds is 2. The molecule has 2 rings (SSSR count). The molecule has 0 spiro atoms. The van der Waals surface area contributed by atoms with E-state index in [0.717, 1.165) is 23.5 Å². The summed E-state index contributed by atoms with van der Waals surface area (Å²) in [4.78, 5) is 4.48. The number of aromatic nitrogens is 1. The first-order chi connectivity index (χ1) is 9.63. The van der Waals surface area contributed by atoms with Crippen LogP contribution in [0.4, 0.5) is 19.0 Å². The lowest BCUT2D eigenvalue weighted by Crippen LogP contribution is -2.16. The Kier molecular flexibility index (Phi) is 3.87. The molecule has 0 aliphatic carbocycles. The molecule has 0 radical (unpaired) electrons. The summed E-state index contributed by atoms with van der Waals surface area (Å²) in [5.74, 6) is 0.734. The number of hydrogen-bond donors (Lipinski definition) is 1. The molecule has 21 heavy (non-hydrogen) atoms. The molecule has 0 fully saturated rings. The summed E-state index contributed by atoms with van der Waals surface area (Å²) in [6, 6.07) is 5.45. The fourth-order valence-electron chi connectivity index (χ4n) is 2.23. The lowest BCUT2D eigenvalue weighted by molar-refractivity contribution is -0.137. The van der Waals surface area contributed by atoms with E-state index in [4.69, 9.17) is 0 Å². The zero-order chi connectivity index (χ0) is 15.8. The topological polar surface area (TPSA) is 24.9 Å². The predicted molar refractivity (Wildman–Crippen MR) is 79.6 cm³/mol. The number of alkyl halides is 3. The highest BCUT2D eigenvalue weighted by Gasteiger charge is 2.30. The molecule has 0 unspecified atom stereocenters. The number of anilines is 1. The second kappa shape index (κ2) is 5.20. The quantitative estimate of drug-likeness (QED) is 0.845. The molecule has 1 heterocycles. The van der Waals surface area contributed by atoms with Crippen LogP contribution in [0, 0.1) is 0 Å². The van der Waals surface area contributed by atoms with Crippen molar-refractivity contribution >= 4 is 16.7 Å². The molecule has 1 aromatic carbocycles. The van der Waals surface area contributed by atoms with E-state index in [-0.39, 0.29) is 5.41 Å². The van der Waals surface area contributed by atoms with Crippen molar-refractivity contribution in [2.24, 2.45) is 0 Å². The smallest absolute Gasteiger partial charge is 0.370 e. The number of halogens is 3. The monoisotopic (exact) mass is 296 g/mol. The van der Waals surface area contributed by atoms with Gasteiger partial charge < -0.3 is 5.32 Å². The molecule has 0 saturated carbocycles. The number of fused-ring (bicyclic) bond motifs is 1. The van der Waals surface area contributed by atoms with Crippen molar-refractivity contribution in [1.82, 2.24) is 4.98 Å². The third-order valence-electron chi connectivity index (χ3n) is 3.29. The molecule has 5 heteroatoms. The predicted octanol–water partition coefficient (Wildman–Crippen LogP) is 4.98. The Morgan fingerprint density at radius 1 is 1.10 bits per heavy atom. The van der Waals surface area contributed by atoms with Gasteiger partial charge in [0.05, 0.1) is 11.1 Å². The van der Waals surface area contributed by atoms with Crippen LogP contribution in [0.5, 0.6) is 0 Å². The minimum atomic E-state index is -4.34. The number of benzene rings is 1. The fraction of sp³-hybridized carbons (Fsp3) is 0.438. The van der Waals surface area contributed by atoms with Crippen LogP contribution in [0.15, 0.2) is 24.3 Å². The van der Waals surface area contributed by atoms with Gasteiger partial charge in [0.2, 0.25) is 0 Å². The van der Waals surface area contributed by atoms with Crippen LogP contribution in [0.25, 0.3) is 10.9 Å². The van der Waals surface area contributed by atoms with Crippen LogP contribution in [-0.2, 0) is 11.6 Å². The summed E-state index contributed by atoms with van der Waals surface area (Å²) in [6.07, 6.45) is -4.34. The van der Waals surface area contributed by atoms with Crippen molar-refractivity contribution in [2.45, 2.75) is 39.3 Å². The van der Waals surface area contributed by atoms with Crippen LogP contribution in [-0.4, -0.2) is 11.5 Å². The van der Waals surface area contributed by atoms with Gasteiger partial charge >= 0.3 is 6.18 Å². The van der Waals surface area contributed by atoms with Gasteiger partial charge in [0.1, 0.15) is 5.82 Å². The van der Waals surface area contributed by atoms with Gasteiger partial charge in [0, 0.05) is 17.5 Å². The molecule has 1 aromatic heterocycles. The standard InChI is InChI=1S/C16H19F3N2/c1-5-20-14-12(15(2,3)4)9-10-8-11(16(17,18)19)6-7-13(10)21-14/h6-9H,5H2,1-4H3,(H,20,21). The molecule has 0 aliphatic rings. The van der Waals surface area contributed by atoms with Crippen molar-refractivity contribution < 1.29 is 13.2 Å². The number of hydrogen-bond acceptors (Lipinski definition) is 2. The molecule has 0 amide bonds. The Labute approximate surface area is 122 Å². The first-order valence-corrected chi connectivity index (χ1v) is 6.89. The van der Waals surface area contributed by atoms with Gasteiger partial charge in [-0.15, -0.1) is 0 Å². The van der Waals surface area contributed by atoms with Gasteiger partial charge in [-0.25, -0.2) is 4.98 Å². The molecule has 2 aromatic rings. The number of nitrogens with zero attached hydrogens (tertiary/aromatic N) is 1. The highest BCUT2D eigenvalue weighted by Crippen LogP contribution is 2.34. The molecule has 2 nitrogen and oxygen atoms in total. The van der Waals surface area contributed by atoms with Gasteiger partial charge in [-0.05, 0) is 36.6 Å². The van der Waals surface area contributed by atoms with Crippen molar-refractivity contribution in [2.75, 3.05) is 11.9 Å². The number of pyridine rings is 1. The zero-order valence-corrected chi connectivity index (χ0v) is 12.6. The van der Waals surface area contributed by atoms with Crippen LogP contribution in [0.3, 0.4) is 0 Å². The van der Waals surface area contributed by atoms with E-state index < -0.39 is 11.7 Å². The highest BCUT2D eigenvalue weighted by molar-refractivity contribution is 5.83. The summed E-state index contributed by atoms with van der Waals surface area (Å²) in [7, 11) is 0. The zero-order valence-electron chi connectivity index (χ0n) is 12.6. The second-order valence-corrected chi connectivity index (χ2v) is 6.07. The molecule has 0 aliphatic heterocycles. The average molecular weight is 296 g/mol. The largest absolute Gasteiger partial charge is 0.416 e. The van der Waals surface area contributed by atoms with Crippen molar-refractivity contribution in [1.29, 1.82) is 0 Å². The van der Waals surface area contributed by atoms with Crippen molar-refractivity contribution in [3.8, 4) is 0 Å². The van der Waals surface area contributed by atoms with Crippen LogP contribution < -0.4 is 5.32 Å². The summed E-state index contributed by atoms with van der Waals surface area (Å²) < 4.78 is 38.5. The van der Waals surface area contributed by atoms with Crippen molar-refractivity contribution in [3.05, 3.63) is 35.4 Å². The first kappa shape index (κ1) is 15.6. The van der Waals surface area contributed by atoms with Gasteiger partial charge in [-0.2, -0.15) is 13.2 Å². The summed E-state index contributed by atoms with van der Waals surface area (Å²) in [6.45, 7) is 8.73. The highest BCUT2D eigenvalue weighted by atomic mass is 19.4. The van der Waals surface area contributed by atoms with Gasteiger partial charge in [0.15, 0.2) is 0 Å². The molecular formula is C16H19F3N2. The molecule has 1 N–H and O–H groups in total. The van der Waals surface area contributed by atoms with Crippen LogP contribution >= 0.6 is 0 Å². The Balaban J connectivity index is 2.67. The molecule has 0 atom stereocenters. The fourth-order valence-corrected chi connectivity index (χ4v) is 2.23. The second-order valence-electron chi connectivity index (χ2n) is 6.07. The van der Waals surface area contributed by atoms with Crippen LogP contribution in [0.2, 0.25) is 0 Å². The lowest BCUT2D eigenvalue weighted by Gasteiger charge is -2.23. The Morgan fingerprint density at radius 2 is 1.76 bits per heavy atom. The third kappa shape index (κ3) is 3.28. The summed E-state index contributed by atoms with van der Waals surface area (Å²) >= 11 is 0.